The molecule has 152 valence electrons. The summed E-state index contributed by atoms with van der Waals surface area (Å²) in [6, 6.07) is 7.44. The number of amides is 1. The van der Waals surface area contributed by atoms with E-state index in [1.165, 1.54) is 0 Å². The van der Waals surface area contributed by atoms with Crippen molar-refractivity contribution >= 4 is 5.91 Å². The van der Waals surface area contributed by atoms with Crippen LogP contribution in [0.3, 0.4) is 0 Å². The van der Waals surface area contributed by atoms with Crippen LogP contribution in [0.2, 0.25) is 0 Å². The number of likely N-dealkylation sites (tertiary alicyclic amines) is 1. The highest BCUT2D eigenvalue weighted by Gasteiger charge is 2.34. The molecule has 0 N–H and O–H groups in total. The second-order valence-corrected chi connectivity index (χ2v) is 9.01. The SMILES string of the molecule is COc1cccc(-c2noc(C3CCCN3C(=O)CC(C)CC(C)(C)C)n2)c1. The van der Waals surface area contributed by atoms with Gasteiger partial charge in [-0.3, -0.25) is 4.79 Å². The van der Waals surface area contributed by atoms with Gasteiger partial charge in [0.05, 0.1) is 7.11 Å². The Hall–Kier alpha value is -2.37. The van der Waals surface area contributed by atoms with Crippen molar-refractivity contribution in [3.05, 3.63) is 30.2 Å². The van der Waals surface area contributed by atoms with Crippen LogP contribution < -0.4 is 4.74 Å². The summed E-state index contributed by atoms with van der Waals surface area (Å²) >= 11 is 0. The van der Waals surface area contributed by atoms with Crippen LogP contribution in [0.25, 0.3) is 11.4 Å². The van der Waals surface area contributed by atoms with Gasteiger partial charge in [-0.15, -0.1) is 0 Å². The summed E-state index contributed by atoms with van der Waals surface area (Å²) in [5.41, 5.74) is 1.06. The summed E-state index contributed by atoms with van der Waals surface area (Å²) in [6.45, 7) is 9.55. The van der Waals surface area contributed by atoms with Crippen molar-refractivity contribution in [1.29, 1.82) is 0 Å². The number of rotatable bonds is 6. The van der Waals surface area contributed by atoms with E-state index >= 15 is 0 Å². The summed E-state index contributed by atoms with van der Waals surface area (Å²) < 4.78 is 10.8. The Labute approximate surface area is 167 Å². The molecule has 2 unspecified atom stereocenters. The lowest BCUT2D eigenvalue weighted by Gasteiger charge is -2.26. The van der Waals surface area contributed by atoms with Crippen LogP contribution in [-0.4, -0.2) is 34.6 Å². The fraction of sp³-hybridized carbons (Fsp3) is 0.591. The molecule has 1 aromatic heterocycles. The van der Waals surface area contributed by atoms with E-state index in [9.17, 15) is 4.79 Å². The highest BCUT2D eigenvalue weighted by Crippen LogP contribution is 2.34. The summed E-state index contributed by atoms with van der Waals surface area (Å²) in [6.07, 6.45) is 3.41. The second kappa shape index (κ2) is 8.33. The highest BCUT2D eigenvalue weighted by molar-refractivity contribution is 5.77. The van der Waals surface area contributed by atoms with Gasteiger partial charge in [-0.05, 0) is 42.7 Å². The predicted octanol–water partition coefficient (Wildman–Crippen LogP) is 4.87. The molecule has 2 atom stereocenters. The Bertz CT molecular complexity index is 809. The van der Waals surface area contributed by atoms with Crippen LogP contribution in [0.5, 0.6) is 5.75 Å². The zero-order chi connectivity index (χ0) is 20.3. The number of methoxy groups -OCH3 is 1. The molecular weight excluding hydrogens is 354 g/mol. The minimum atomic E-state index is -0.124. The van der Waals surface area contributed by atoms with Crippen molar-refractivity contribution in [3.63, 3.8) is 0 Å². The quantitative estimate of drug-likeness (QED) is 0.709. The average Bonchev–Trinajstić information content (AvgIpc) is 3.29. The molecule has 6 heteroatoms. The van der Waals surface area contributed by atoms with Gasteiger partial charge in [0.1, 0.15) is 11.8 Å². The van der Waals surface area contributed by atoms with E-state index in [2.05, 4.69) is 37.8 Å². The molecule has 0 bridgehead atoms. The first-order valence-corrected chi connectivity index (χ1v) is 10.0. The molecule has 28 heavy (non-hydrogen) atoms. The lowest BCUT2D eigenvalue weighted by Crippen LogP contribution is -2.32. The fourth-order valence-corrected chi connectivity index (χ4v) is 4.10. The van der Waals surface area contributed by atoms with E-state index in [-0.39, 0.29) is 17.4 Å². The number of hydrogen-bond donors (Lipinski definition) is 0. The van der Waals surface area contributed by atoms with Gasteiger partial charge >= 0.3 is 0 Å². The van der Waals surface area contributed by atoms with Gasteiger partial charge in [-0.2, -0.15) is 4.98 Å². The Morgan fingerprint density at radius 2 is 2.18 bits per heavy atom. The van der Waals surface area contributed by atoms with Gasteiger partial charge in [0.2, 0.25) is 17.6 Å². The van der Waals surface area contributed by atoms with Gasteiger partial charge in [-0.1, -0.05) is 45.0 Å². The number of hydrogen-bond acceptors (Lipinski definition) is 5. The number of ether oxygens (including phenoxy) is 1. The Kier molecular flexibility index (Phi) is 6.06. The zero-order valence-corrected chi connectivity index (χ0v) is 17.6. The van der Waals surface area contributed by atoms with Crippen LogP contribution in [-0.2, 0) is 4.79 Å². The Balaban J connectivity index is 1.71. The van der Waals surface area contributed by atoms with E-state index in [0.29, 0.717) is 24.1 Å². The summed E-state index contributed by atoms with van der Waals surface area (Å²) in [5, 5.41) is 4.13. The van der Waals surface area contributed by atoms with Crippen LogP contribution in [0, 0.1) is 11.3 Å². The topological polar surface area (TPSA) is 68.5 Å². The van der Waals surface area contributed by atoms with E-state index in [1.54, 1.807) is 7.11 Å². The molecule has 0 saturated carbocycles. The molecule has 3 rings (SSSR count). The van der Waals surface area contributed by atoms with Crippen LogP contribution in [0.15, 0.2) is 28.8 Å². The van der Waals surface area contributed by atoms with Crippen molar-refractivity contribution in [2.24, 2.45) is 11.3 Å². The smallest absolute Gasteiger partial charge is 0.249 e. The number of aromatic nitrogens is 2. The van der Waals surface area contributed by atoms with Crippen LogP contribution in [0.4, 0.5) is 0 Å². The average molecular weight is 386 g/mol. The maximum Gasteiger partial charge on any atom is 0.249 e. The van der Waals surface area contributed by atoms with E-state index in [0.717, 1.165) is 37.1 Å². The van der Waals surface area contributed by atoms with Gasteiger partial charge < -0.3 is 14.2 Å². The molecule has 1 aliphatic rings. The van der Waals surface area contributed by atoms with E-state index < -0.39 is 0 Å². The molecule has 1 saturated heterocycles. The highest BCUT2D eigenvalue weighted by atomic mass is 16.5. The molecule has 1 aliphatic heterocycles. The summed E-state index contributed by atoms with van der Waals surface area (Å²) in [5.74, 6) is 2.32. The molecule has 6 nitrogen and oxygen atoms in total. The molecule has 0 spiro atoms. The molecule has 1 aromatic carbocycles. The third kappa shape index (κ3) is 4.91. The number of carbonyl (C=O) groups excluding carboxylic acids is 1. The molecule has 1 amide bonds. The minimum Gasteiger partial charge on any atom is -0.497 e. The van der Waals surface area contributed by atoms with Crippen molar-refractivity contribution < 1.29 is 14.1 Å². The van der Waals surface area contributed by atoms with Gasteiger partial charge in [0.25, 0.3) is 0 Å². The standard InChI is InChI=1S/C22H31N3O3/c1-15(14-22(2,3)4)12-19(26)25-11-7-10-18(25)21-23-20(24-28-21)16-8-6-9-17(13-16)27-5/h6,8-9,13,15,18H,7,10-12,14H2,1-5H3. The van der Waals surface area contributed by atoms with Gasteiger partial charge in [0, 0.05) is 18.5 Å². The van der Waals surface area contributed by atoms with Crippen molar-refractivity contribution in [2.45, 2.75) is 59.4 Å². The maximum absolute atomic E-state index is 12.9. The van der Waals surface area contributed by atoms with E-state index in [4.69, 9.17) is 9.26 Å². The summed E-state index contributed by atoms with van der Waals surface area (Å²) in [7, 11) is 1.63. The predicted molar refractivity (Wildman–Crippen MR) is 108 cm³/mol. The van der Waals surface area contributed by atoms with Crippen molar-refractivity contribution in [1.82, 2.24) is 15.0 Å². The van der Waals surface area contributed by atoms with Crippen LogP contribution in [0.1, 0.15) is 65.3 Å². The molecule has 0 aliphatic carbocycles. The lowest BCUT2D eigenvalue weighted by molar-refractivity contribution is -0.133. The first kappa shape index (κ1) is 20.4. The third-order valence-corrected chi connectivity index (χ3v) is 5.11. The van der Waals surface area contributed by atoms with Crippen LogP contribution >= 0.6 is 0 Å². The third-order valence-electron chi connectivity index (χ3n) is 5.11. The van der Waals surface area contributed by atoms with Crippen molar-refractivity contribution in [3.8, 4) is 17.1 Å². The minimum absolute atomic E-state index is 0.124. The van der Waals surface area contributed by atoms with Gasteiger partial charge in [0.15, 0.2) is 0 Å². The molecule has 1 fully saturated rings. The molecule has 2 heterocycles. The first-order chi connectivity index (χ1) is 13.3. The maximum atomic E-state index is 12.9. The normalized spacial score (nSPS) is 18.3. The second-order valence-electron chi connectivity index (χ2n) is 9.01. The van der Waals surface area contributed by atoms with Gasteiger partial charge in [-0.25, -0.2) is 0 Å². The Morgan fingerprint density at radius 3 is 2.89 bits per heavy atom. The largest absolute Gasteiger partial charge is 0.497 e. The zero-order valence-electron chi connectivity index (χ0n) is 17.6. The Morgan fingerprint density at radius 1 is 1.39 bits per heavy atom. The first-order valence-electron chi connectivity index (χ1n) is 10.0. The fourth-order valence-electron chi connectivity index (χ4n) is 4.10. The number of benzene rings is 1. The molecule has 0 radical (unpaired) electrons. The summed E-state index contributed by atoms with van der Waals surface area (Å²) in [4.78, 5) is 19.4. The lowest BCUT2D eigenvalue weighted by atomic mass is 9.84. The molecular formula is C22H31N3O3. The van der Waals surface area contributed by atoms with Crippen molar-refractivity contribution in [2.75, 3.05) is 13.7 Å². The monoisotopic (exact) mass is 385 g/mol. The number of carbonyl (C=O) groups is 1. The van der Waals surface area contributed by atoms with E-state index in [1.807, 2.05) is 29.2 Å². The molecule has 2 aromatic rings. The number of nitrogens with zero attached hydrogens (tertiary/aromatic N) is 3.